The molecule has 0 bridgehead atoms. The van der Waals surface area contributed by atoms with Crippen LogP contribution in [-0.2, 0) is 0 Å². The first-order valence-corrected chi connectivity index (χ1v) is 14.4. The van der Waals surface area contributed by atoms with Gasteiger partial charge in [-0.3, -0.25) is 0 Å². The number of allylic oxidation sites excluding steroid dienone is 2. The summed E-state index contributed by atoms with van der Waals surface area (Å²) in [6.07, 6.45) is 11.5. The topological polar surface area (TPSA) is 12.5 Å². The van der Waals surface area contributed by atoms with E-state index < -0.39 is 8.07 Å². The molecule has 2 aliphatic carbocycles. The first-order chi connectivity index (χ1) is 15.1. The molecule has 1 heterocycles. The summed E-state index contributed by atoms with van der Waals surface area (Å²) in [6.45, 7) is 11.5. The fourth-order valence-electron chi connectivity index (χ4n) is 5.42. The van der Waals surface area contributed by atoms with Gasteiger partial charge >= 0.3 is 0 Å². The van der Waals surface area contributed by atoms with Crippen molar-refractivity contribution < 1.29 is 4.74 Å². The van der Waals surface area contributed by atoms with Crippen LogP contribution in [0.2, 0.25) is 13.1 Å². The van der Waals surface area contributed by atoms with E-state index in [2.05, 4.69) is 91.3 Å². The molecule has 158 valence electrons. The van der Waals surface area contributed by atoms with Gasteiger partial charge in [0.1, 0.15) is 12.4 Å². The number of nitrogens with zero attached hydrogens (tertiary/aromatic N) is 1. The van der Waals surface area contributed by atoms with Crippen LogP contribution in [-0.4, -0.2) is 32.7 Å². The Morgan fingerprint density at radius 3 is 2.74 bits per heavy atom. The number of fused-ring (bicyclic) bond motifs is 1. The van der Waals surface area contributed by atoms with Gasteiger partial charge < -0.3 is 9.64 Å². The van der Waals surface area contributed by atoms with Gasteiger partial charge in [-0.05, 0) is 40.8 Å². The minimum atomic E-state index is -1.91. The van der Waals surface area contributed by atoms with Crippen LogP contribution in [0.3, 0.4) is 0 Å². The first-order valence-electron chi connectivity index (χ1n) is 11.4. The van der Waals surface area contributed by atoms with E-state index in [4.69, 9.17) is 4.74 Å². The van der Waals surface area contributed by atoms with Gasteiger partial charge in [-0.2, -0.15) is 0 Å². The molecule has 2 aromatic carbocycles. The number of hydrogen-bond donors (Lipinski definition) is 0. The second-order valence-corrected chi connectivity index (χ2v) is 14.0. The van der Waals surface area contributed by atoms with Gasteiger partial charge in [0.25, 0.3) is 0 Å². The van der Waals surface area contributed by atoms with Crippen LogP contribution in [0.1, 0.15) is 29.5 Å². The third-order valence-electron chi connectivity index (χ3n) is 7.08. The van der Waals surface area contributed by atoms with E-state index in [1.165, 1.54) is 40.4 Å². The summed E-state index contributed by atoms with van der Waals surface area (Å²) in [5.41, 5.74) is 7.92. The lowest BCUT2D eigenvalue weighted by molar-refractivity contribution is 0.366. The van der Waals surface area contributed by atoms with E-state index in [-0.39, 0.29) is 0 Å². The molecule has 2 aromatic rings. The maximum Gasteiger partial charge on any atom is 0.119 e. The molecule has 3 heteroatoms. The summed E-state index contributed by atoms with van der Waals surface area (Å²) >= 11 is 0. The van der Waals surface area contributed by atoms with Crippen LogP contribution >= 0.6 is 0 Å². The molecule has 0 aromatic heterocycles. The third-order valence-corrected chi connectivity index (χ3v) is 10.9. The number of para-hydroxylation sites is 1. The van der Waals surface area contributed by atoms with E-state index >= 15 is 0 Å². The minimum absolute atomic E-state index is 0.431. The summed E-state index contributed by atoms with van der Waals surface area (Å²) < 4.78 is 6.08. The second-order valence-electron chi connectivity index (χ2n) is 9.36. The van der Waals surface area contributed by atoms with Crippen molar-refractivity contribution in [2.24, 2.45) is 0 Å². The summed E-state index contributed by atoms with van der Waals surface area (Å²) in [5.74, 6) is 1.02. The lowest BCUT2D eigenvalue weighted by atomic mass is 10.0. The summed E-state index contributed by atoms with van der Waals surface area (Å²) in [4.78, 5) is 2.60. The van der Waals surface area contributed by atoms with Crippen molar-refractivity contribution in [3.05, 3.63) is 102 Å². The van der Waals surface area contributed by atoms with Crippen molar-refractivity contribution in [1.82, 2.24) is 4.90 Å². The van der Waals surface area contributed by atoms with Crippen molar-refractivity contribution in [3.63, 3.8) is 0 Å². The Morgan fingerprint density at radius 1 is 1.10 bits per heavy atom. The fraction of sp³-hybridized carbons (Fsp3) is 0.286. The van der Waals surface area contributed by atoms with Crippen molar-refractivity contribution in [2.75, 3.05) is 19.7 Å². The first kappa shape index (κ1) is 20.1. The number of rotatable bonds is 6. The molecule has 1 unspecified atom stereocenters. The highest BCUT2D eigenvalue weighted by Crippen LogP contribution is 2.44. The van der Waals surface area contributed by atoms with Gasteiger partial charge in [-0.1, -0.05) is 86.4 Å². The van der Waals surface area contributed by atoms with Crippen LogP contribution < -0.4 is 9.92 Å². The zero-order valence-electron chi connectivity index (χ0n) is 18.6. The predicted molar refractivity (Wildman–Crippen MR) is 133 cm³/mol. The molecule has 0 amide bonds. The summed E-state index contributed by atoms with van der Waals surface area (Å²) in [6, 6.07) is 17.7. The van der Waals surface area contributed by atoms with Crippen LogP contribution in [0.25, 0.3) is 5.70 Å². The van der Waals surface area contributed by atoms with E-state index in [0.29, 0.717) is 12.1 Å². The van der Waals surface area contributed by atoms with E-state index in [1.54, 1.807) is 5.57 Å². The molecule has 0 spiro atoms. The molecule has 0 saturated carbocycles. The molecular weight excluding hydrogens is 394 g/mol. The van der Waals surface area contributed by atoms with Crippen LogP contribution in [0, 0.1) is 0 Å². The zero-order chi connectivity index (χ0) is 21.4. The molecule has 5 rings (SSSR count). The highest BCUT2D eigenvalue weighted by atomic mass is 28.3. The second kappa shape index (κ2) is 8.05. The fourth-order valence-corrected chi connectivity index (χ4v) is 8.68. The van der Waals surface area contributed by atoms with Gasteiger partial charge in [-0.25, -0.2) is 0 Å². The number of hydrogen-bond acceptors (Lipinski definition) is 2. The Bertz CT molecular complexity index is 1110. The molecule has 1 aliphatic heterocycles. The van der Waals surface area contributed by atoms with Crippen LogP contribution in [0.4, 0.5) is 0 Å². The predicted octanol–water partition coefficient (Wildman–Crippen LogP) is 5.81. The molecule has 1 atom stereocenters. The van der Waals surface area contributed by atoms with Crippen LogP contribution in [0.5, 0.6) is 5.75 Å². The molecule has 2 nitrogen and oxygen atoms in total. The average molecular weight is 426 g/mol. The standard InChI is InChI=1S/C28H31NOSi/c1-4-17-30-26-15-9-10-16-27(26)31(2,3)28-18-25(23-13-7-8-14-24(23)28)29-19-21-11-5-6-12-22(21)20-29/h4-5,7-11,13-16,18,28H,1,6,12,17,19-20H2,2-3H3. The largest absolute Gasteiger partial charge is 0.490 e. The zero-order valence-corrected chi connectivity index (χ0v) is 19.6. The molecule has 0 fully saturated rings. The highest BCUT2D eigenvalue weighted by Gasteiger charge is 2.41. The van der Waals surface area contributed by atoms with Gasteiger partial charge in [0.15, 0.2) is 0 Å². The average Bonchev–Trinajstić information content (AvgIpc) is 3.39. The summed E-state index contributed by atoms with van der Waals surface area (Å²) in [7, 11) is -1.91. The lowest BCUT2D eigenvalue weighted by Crippen LogP contribution is -2.47. The quantitative estimate of drug-likeness (QED) is 0.428. The van der Waals surface area contributed by atoms with Crippen molar-refractivity contribution in [1.29, 1.82) is 0 Å². The molecule has 31 heavy (non-hydrogen) atoms. The Kier molecular flexibility index (Phi) is 5.23. The molecular formula is C28H31NOSi. The van der Waals surface area contributed by atoms with Crippen molar-refractivity contribution in [2.45, 2.75) is 31.5 Å². The smallest absolute Gasteiger partial charge is 0.119 e. The van der Waals surface area contributed by atoms with Crippen molar-refractivity contribution >= 4 is 19.0 Å². The molecule has 0 radical (unpaired) electrons. The Hall–Kier alpha value is -2.78. The Labute approximate surface area is 187 Å². The van der Waals surface area contributed by atoms with Crippen molar-refractivity contribution in [3.8, 4) is 5.75 Å². The maximum atomic E-state index is 6.08. The van der Waals surface area contributed by atoms with Gasteiger partial charge in [0.05, 0.1) is 8.07 Å². The Balaban J connectivity index is 1.52. The maximum absolute atomic E-state index is 6.08. The van der Waals surface area contributed by atoms with Gasteiger partial charge in [0.2, 0.25) is 0 Å². The van der Waals surface area contributed by atoms with E-state index in [0.717, 1.165) is 18.8 Å². The summed E-state index contributed by atoms with van der Waals surface area (Å²) in [5, 5.41) is 1.39. The van der Waals surface area contributed by atoms with Gasteiger partial charge in [0, 0.05) is 29.9 Å². The number of ether oxygens (including phenoxy) is 1. The molecule has 0 saturated heterocycles. The van der Waals surface area contributed by atoms with Crippen LogP contribution in [0.15, 0.2) is 90.6 Å². The van der Waals surface area contributed by atoms with E-state index in [9.17, 15) is 0 Å². The number of benzene rings is 2. The normalized spacial score (nSPS) is 19.9. The SMILES string of the molecule is C=CCOc1ccccc1[Si](C)(C)C1C=C(N2CC3=C(CCC=C3)C2)c2ccccc21. The highest BCUT2D eigenvalue weighted by molar-refractivity contribution is 6.92. The lowest BCUT2D eigenvalue weighted by Gasteiger charge is -2.31. The van der Waals surface area contributed by atoms with E-state index in [1.807, 2.05) is 6.08 Å². The van der Waals surface area contributed by atoms with Gasteiger partial charge in [-0.15, -0.1) is 0 Å². The monoisotopic (exact) mass is 425 g/mol. The minimum Gasteiger partial charge on any atom is -0.490 e. The molecule has 3 aliphatic rings. The molecule has 0 N–H and O–H groups in total. The third kappa shape index (κ3) is 3.51. The Morgan fingerprint density at radius 2 is 1.90 bits per heavy atom.